The number of ether oxygens (including phenoxy) is 1. The molecule has 94 valence electrons. The third-order valence-electron chi connectivity index (χ3n) is 2.63. The Bertz CT molecular complexity index is 440. The van der Waals surface area contributed by atoms with Crippen LogP contribution in [0.1, 0.15) is 18.5 Å². The average Bonchev–Trinajstić information content (AvgIpc) is 2.72. The van der Waals surface area contributed by atoms with Crippen molar-refractivity contribution < 1.29 is 12.9 Å². The molecule has 1 saturated heterocycles. The number of aliphatic hydroxyl groups excluding tert-OH is 1. The molecule has 1 N–H and O–H groups in total. The van der Waals surface area contributed by atoms with E-state index in [2.05, 4.69) is 9.97 Å². The molecule has 1 unspecified atom stereocenters. The lowest BCUT2D eigenvalue weighted by Gasteiger charge is -2.13. The average molecular weight is 353 g/mol. The molecule has 0 saturated carbocycles. The van der Waals surface area contributed by atoms with Crippen LogP contribution in [0.5, 0.6) is 0 Å². The van der Waals surface area contributed by atoms with E-state index < -0.39 is 18.0 Å². The highest BCUT2D eigenvalue weighted by Crippen LogP contribution is 2.30. The van der Waals surface area contributed by atoms with E-state index >= 15 is 0 Å². The summed E-state index contributed by atoms with van der Waals surface area (Å²) in [5.41, 5.74) is -0.409. The Morgan fingerprint density at radius 3 is 3.06 bits per heavy atom. The van der Waals surface area contributed by atoms with Gasteiger partial charge < -0.3 is 12.9 Å². The number of hydrogen-bond donors (Lipinski definition) is 1. The zero-order chi connectivity index (χ0) is 12.4. The van der Waals surface area contributed by atoms with Gasteiger partial charge in [0.15, 0.2) is 0 Å². The summed E-state index contributed by atoms with van der Waals surface area (Å²) in [6, 6.07) is 0. The van der Waals surface area contributed by atoms with Gasteiger partial charge in [-0.15, -0.1) is 0 Å². The highest BCUT2D eigenvalue weighted by atomic mass is 127. The van der Waals surface area contributed by atoms with E-state index in [1.165, 1.54) is 10.9 Å². The zero-order valence-electron chi connectivity index (χ0n) is 9.12. The van der Waals surface area contributed by atoms with Gasteiger partial charge in [0.05, 0.1) is 6.61 Å². The minimum absolute atomic E-state index is 0.147. The van der Waals surface area contributed by atoms with Crippen LogP contribution in [-0.4, -0.2) is 38.5 Å². The van der Waals surface area contributed by atoms with Crippen LogP contribution in [0, 0.1) is 6.92 Å². The second-order valence-electron chi connectivity index (χ2n) is 3.77. The summed E-state index contributed by atoms with van der Waals surface area (Å²) in [6.45, 7) is 1.50. The molecule has 0 spiro atoms. The van der Waals surface area contributed by atoms with Gasteiger partial charge >= 0.3 is 5.69 Å². The van der Waals surface area contributed by atoms with Gasteiger partial charge in [0.1, 0.15) is 53.6 Å². The van der Waals surface area contributed by atoms with E-state index in [0.717, 1.165) is 0 Å². The smallest absolute Gasteiger partial charge is 0.352 e. The molecule has 0 bridgehead atoms. The molecule has 1 aromatic heterocycles. The molecule has 1 aliphatic heterocycles. The van der Waals surface area contributed by atoms with Crippen molar-refractivity contribution in [3.63, 3.8) is 0 Å². The second-order valence-corrected chi connectivity index (χ2v) is 4.28. The molecule has 1 aliphatic rings. The molecule has 0 amide bonds. The van der Waals surface area contributed by atoms with E-state index in [4.69, 9.17) is 12.9 Å². The normalized spacial score (nSPS) is 28.5. The molecule has 0 aliphatic carbocycles. The molecule has 2 heterocycles. The number of aliphatic hydroxyl groups is 1. The monoisotopic (exact) mass is 353 g/mol. The predicted molar refractivity (Wildman–Crippen MR) is 65.5 cm³/mol. The summed E-state index contributed by atoms with van der Waals surface area (Å²) in [5.74, 6) is 0.421. The zero-order valence-corrected chi connectivity index (χ0v) is 11.3. The van der Waals surface area contributed by atoms with Crippen molar-refractivity contribution >= 4 is 23.0 Å². The van der Waals surface area contributed by atoms with Gasteiger partial charge in [-0.2, -0.15) is 4.98 Å². The maximum absolute atomic E-state index is 11.6. The van der Waals surface area contributed by atoms with Crippen molar-refractivity contribution in [2.45, 2.75) is 31.8 Å². The standard InChI is InChI=1S/C9H12IN3O4/c1-5-11-4-13(9(15)12-5)8-2-6(17-10)7(3-14)16-8/h4,6-8,14H,2-3H2,1H3/t6-,7?,8-/m1/s1. The van der Waals surface area contributed by atoms with Crippen LogP contribution in [0.4, 0.5) is 0 Å². The number of aromatic nitrogens is 3. The number of halogens is 1. The molecule has 1 fully saturated rings. The maximum Gasteiger partial charge on any atom is 0.352 e. The van der Waals surface area contributed by atoms with E-state index in [1.807, 2.05) is 0 Å². The van der Waals surface area contributed by atoms with E-state index in [0.29, 0.717) is 12.2 Å². The molecular weight excluding hydrogens is 341 g/mol. The largest absolute Gasteiger partial charge is 0.394 e. The topological polar surface area (TPSA) is 86.5 Å². The van der Waals surface area contributed by atoms with Crippen LogP contribution in [-0.2, 0) is 7.80 Å². The molecule has 0 aromatic carbocycles. The van der Waals surface area contributed by atoms with Crippen LogP contribution >= 0.6 is 23.0 Å². The van der Waals surface area contributed by atoms with E-state index in [9.17, 15) is 4.79 Å². The highest BCUT2D eigenvalue weighted by Gasteiger charge is 2.37. The third kappa shape index (κ3) is 2.64. The first-order valence-corrected chi connectivity index (χ1v) is 5.99. The Morgan fingerprint density at radius 2 is 2.53 bits per heavy atom. The van der Waals surface area contributed by atoms with Crippen molar-refractivity contribution in [1.82, 2.24) is 14.5 Å². The molecule has 17 heavy (non-hydrogen) atoms. The maximum atomic E-state index is 11.6. The van der Waals surface area contributed by atoms with Gasteiger partial charge in [-0.3, -0.25) is 4.57 Å². The molecule has 2 rings (SSSR count). The van der Waals surface area contributed by atoms with Crippen LogP contribution in [0.25, 0.3) is 0 Å². The highest BCUT2D eigenvalue weighted by molar-refractivity contribution is 14.1. The summed E-state index contributed by atoms with van der Waals surface area (Å²) >= 11 is 1.76. The Morgan fingerprint density at radius 1 is 1.76 bits per heavy atom. The molecule has 8 heteroatoms. The molecule has 7 nitrogen and oxygen atoms in total. The molecule has 0 radical (unpaired) electrons. The predicted octanol–water partition coefficient (Wildman–Crippen LogP) is -0.0383. The Kier molecular flexibility index (Phi) is 4.07. The van der Waals surface area contributed by atoms with Gasteiger partial charge in [0.25, 0.3) is 0 Å². The molecular formula is C9H12IN3O4. The lowest BCUT2D eigenvalue weighted by atomic mass is 10.2. The fourth-order valence-electron chi connectivity index (χ4n) is 1.75. The van der Waals surface area contributed by atoms with Crippen molar-refractivity contribution in [2.24, 2.45) is 0 Å². The SMILES string of the molecule is Cc1ncn([C@H]2C[C@@H](OI)C(CO)O2)c(=O)n1. The van der Waals surface area contributed by atoms with Crippen molar-refractivity contribution in [3.8, 4) is 0 Å². The van der Waals surface area contributed by atoms with Gasteiger partial charge in [0.2, 0.25) is 0 Å². The number of nitrogens with zero attached hydrogens (tertiary/aromatic N) is 3. The second kappa shape index (κ2) is 5.38. The number of hydrogen-bond acceptors (Lipinski definition) is 6. The van der Waals surface area contributed by atoms with Crippen molar-refractivity contribution in [2.75, 3.05) is 6.61 Å². The number of rotatable bonds is 3. The van der Waals surface area contributed by atoms with Crippen LogP contribution in [0.2, 0.25) is 0 Å². The van der Waals surface area contributed by atoms with Crippen molar-refractivity contribution in [1.29, 1.82) is 0 Å². The fraction of sp³-hybridized carbons (Fsp3) is 0.667. The molecule has 3 atom stereocenters. The third-order valence-corrected chi connectivity index (χ3v) is 3.29. The van der Waals surface area contributed by atoms with Gasteiger partial charge in [-0.1, -0.05) is 0 Å². The van der Waals surface area contributed by atoms with Crippen LogP contribution in [0.3, 0.4) is 0 Å². The van der Waals surface area contributed by atoms with E-state index in [1.54, 1.807) is 29.9 Å². The van der Waals surface area contributed by atoms with Gasteiger partial charge in [0, 0.05) is 6.42 Å². The van der Waals surface area contributed by atoms with Gasteiger partial charge in [-0.05, 0) is 6.92 Å². The Hall–Kier alpha value is -0.580. The number of aryl methyl sites for hydroxylation is 1. The minimum atomic E-state index is -0.486. The summed E-state index contributed by atoms with van der Waals surface area (Å²) in [4.78, 5) is 19.3. The molecule has 1 aromatic rings. The van der Waals surface area contributed by atoms with E-state index in [-0.39, 0.29) is 12.7 Å². The van der Waals surface area contributed by atoms with Crippen molar-refractivity contribution in [3.05, 3.63) is 22.6 Å². The summed E-state index contributed by atoms with van der Waals surface area (Å²) in [5, 5.41) is 9.12. The van der Waals surface area contributed by atoms with Crippen LogP contribution in [0.15, 0.2) is 11.1 Å². The van der Waals surface area contributed by atoms with Crippen LogP contribution < -0.4 is 5.69 Å². The lowest BCUT2D eigenvalue weighted by molar-refractivity contribution is -0.0383. The summed E-state index contributed by atoms with van der Waals surface area (Å²) < 4.78 is 12.0. The first-order chi connectivity index (χ1) is 8.15. The first kappa shape index (κ1) is 12.9. The Balaban J connectivity index is 2.22. The quantitative estimate of drug-likeness (QED) is 0.768. The summed E-state index contributed by atoms with van der Waals surface area (Å²) in [7, 11) is 0. The minimum Gasteiger partial charge on any atom is -0.394 e. The summed E-state index contributed by atoms with van der Waals surface area (Å²) in [6.07, 6.45) is 0.740. The lowest BCUT2D eigenvalue weighted by Crippen LogP contribution is -2.28. The fourth-order valence-corrected chi connectivity index (χ4v) is 2.28. The Labute approximate surface area is 111 Å². The van der Waals surface area contributed by atoms with Gasteiger partial charge in [-0.25, -0.2) is 9.78 Å². The first-order valence-electron chi connectivity index (χ1n) is 5.11.